The molecule has 1 aromatic heterocycles. The van der Waals surface area contributed by atoms with Crippen molar-refractivity contribution >= 4 is 28.3 Å². The van der Waals surface area contributed by atoms with Crippen molar-refractivity contribution in [2.45, 2.75) is 25.2 Å². The van der Waals surface area contributed by atoms with E-state index in [9.17, 15) is 9.59 Å². The van der Waals surface area contributed by atoms with E-state index in [0.29, 0.717) is 18.0 Å². The summed E-state index contributed by atoms with van der Waals surface area (Å²) in [6, 6.07) is 15.5. The van der Waals surface area contributed by atoms with Crippen LogP contribution in [0.5, 0.6) is 0 Å². The van der Waals surface area contributed by atoms with Gasteiger partial charge in [0.25, 0.3) is 5.91 Å². The molecule has 6 heteroatoms. The van der Waals surface area contributed by atoms with E-state index in [2.05, 4.69) is 20.9 Å². The van der Waals surface area contributed by atoms with Crippen LogP contribution in [0, 0.1) is 11.8 Å². The average molecular weight is 429 g/mol. The van der Waals surface area contributed by atoms with Crippen LogP contribution in [0.2, 0.25) is 0 Å². The lowest BCUT2D eigenvalue weighted by molar-refractivity contribution is -0.117. The average Bonchev–Trinajstić information content (AvgIpc) is 3.64. The summed E-state index contributed by atoms with van der Waals surface area (Å²) < 4.78 is 0. The number of hydrogen-bond donors (Lipinski definition) is 3. The number of anilines is 1. The van der Waals surface area contributed by atoms with E-state index in [1.165, 1.54) is 6.42 Å². The molecular formula is C26H28N4O2. The maximum atomic E-state index is 12.7. The van der Waals surface area contributed by atoms with Gasteiger partial charge in [0.05, 0.1) is 0 Å². The van der Waals surface area contributed by atoms with Gasteiger partial charge in [-0.1, -0.05) is 18.2 Å². The quantitative estimate of drug-likeness (QED) is 0.559. The van der Waals surface area contributed by atoms with E-state index < -0.39 is 0 Å². The lowest BCUT2D eigenvalue weighted by Gasteiger charge is -2.22. The van der Waals surface area contributed by atoms with Crippen LogP contribution in [0.4, 0.5) is 5.69 Å². The van der Waals surface area contributed by atoms with Gasteiger partial charge in [-0.15, -0.1) is 0 Å². The predicted octanol–water partition coefficient (Wildman–Crippen LogP) is 3.71. The fourth-order valence-electron chi connectivity index (χ4n) is 4.57. The topological polar surface area (TPSA) is 83.1 Å². The first-order valence-corrected chi connectivity index (χ1v) is 11.4. The van der Waals surface area contributed by atoms with Gasteiger partial charge >= 0.3 is 0 Å². The van der Waals surface area contributed by atoms with Crippen LogP contribution >= 0.6 is 0 Å². The molecule has 2 aliphatic rings. The van der Waals surface area contributed by atoms with Crippen molar-refractivity contribution in [1.29, 1.82) is 0 Å². The van der Waals surface area contributed by atoms with E-state index in [-0.39, 0.29) is 23.7 Å². The summed E-state index contributed by atoms with van der Waals surface area (Å²) in [5, 5.41) is 11.6. The number of nitrogens with zero attached hydrogens (tertiary/aromatic N) is 1. The van der Waals surface area contributed by atoms with E-state index in [4.69, 9.17) is 0 Å². The normalized spacial score (nSPS) is 22.3. The molecule has 164 valence electrons. The first-order valence-electron chi connectivity index (χ1n) is 11.4. The van der Waals surface area contributed by atoms with E-state index in [0.717, 1.165) is 48.0 Å². The zero-order valence-electron chi connectivity index (χ0n) is 18.0. The molecule has 0 bridgehead atoms. The molecule has 0 radical (unpaired) electrons. The number of pyridine rings is 1. The summed E-state index contributed by atoms with van der Waals surface area (Å²) >= 11 is 0. The van der Waals surface area contributed by atoms with Crippen LogP contribution in [0.25, 0.3) is 10.8 Å². The predicted molar refractivity (Wildman–Crippen MR) is 126 cm³/mol. The Labute approximate surface area is 187 Å². The number of piperidine rings is 1. The molecule has 3 aromatic rings. The number of hydrogen-bond acceptors (Lipinski definition) is 4. The Kier molecular flexibility index (Phi) is 5.86. The molecule has 3 N–H and O–H groups in total. The van der Waals surface area contributed by atoms with Gasteiger partial charge in [-0.25, -0.2) is 0 Å². The highest BCUT2D eigenvalue weighted by Crippen LogP contribution is 2.48. The number of rotatable bonds is 6. The molecule has 1 aliphatic heterocycles. The monoisotopic (exact) mass is 428 g/mol. The smallest absolute Gasteiger partial charge is 0.251 e. The highest BCUT2D eigenvalue weighted by atomic mass is 16.2. The SMILES string of the molecule is O=C(NCC1CCCNC1)c1ccc(C2CC2C(=O)Nc2ccc3cnccc3c2)cc1. The molecule has 6 nitrogen and oxygen atoms in total. The second-order valence-electron chi connectivity index (χ2n) is 8.92. The molecule has 2 amide bonds. The van der Waals surface area contributed by atoms with Crippen LogP contribution in [0.1, 0.15) is 41.1 Å². The van der Waals surface area contributed by atoms with Crippen LogP contribution in [0.15, 0.2) is 60.9 Å². The molecule has 2 aromatic carbocycles. The van der Waals surface area contributed by atoms with Crippen molar-refractivity contribution in [3.8, 4) is 0 Å². The number of benzene rings is 2. The van der Waals surface area contributed by atoms with Gasteiger partial charge in [-0.2, -0.15) is 0 Å². The fourth-order valence-corrected chi connectivity index (χ4v) is 4.57. The first kappa shape index (κ1) is 20.6. The lowest BCUT2D eigenvalue weighted by atomic mass is 9.99. The molecule has 5 rings (SSSR count). The maximum Gasteiger partial charge on any atom is 0.251 e. The highest BCUT2D eigenvalue weighted by Gasteiger charge is 2.43. The van der Waals surface area contributed by atoms with Crippen molar-refractivity contribution in [3.63, 3.8) is 0 Å². The van der Waals surface area contributed by atoms with Gasteiger partial charge in [-0.3, -0.25) is 14.6 Å². The Balaban J connectivity index is 1.14. The molecule has 32 heavy (non-hydrogen) atoms. The minimum absolute atomic E-state index is 0.0263. The maximum absolute atomic E-state index is 12.7. The molecule has 2 heterocycles. The lowest BCUT2D eigenvalue weighted by Crippen LogP contribution is -2.38. The molecule has 1 aliphatic carbocycles. The molecule has 1 saturated carbocycles. The summed E-state index contributed by atoms with van der Waals surface area (Å²) in [5.41, 5.74) is 2.59. The largest absolute Gasteiger partial charge is 0.352 e. The van der Waals surface area contributed by atoms with E-state index in [1.807, 2.05) is 54.7 Å². The third-order valence-electron chi connectivity index (χ3n) is 6.59. The van der Waals surface area contributed by atoms with Gasteiger partial charge in [0.15, 0.2) is 0 Å². The minimum Gasteiger partial charge on any atom is -0.352 e. The Morgan fingerprint density at radius 2 is 1.94 bits per heavy atom. The highest BCUT2D eigenvalue weighted by molar-refractivity contribution is 5.97. The Bertz CT molecular complexity index is 1120. The van der Waals surface area contributed by atoms with Crippen molar-refractivity contribution in [1.82, 2.24) is 15.6 Å². The van der Waals surface area contributed by atoms with E-state index >= 15 is 0 Å². The molecule has 3 unspecified atom stereocenters. The molecule has 2 fully saturated rings. The van der Waals surface area contributed by atoms with Crippen molar-refractivity contribution in [2.24, 2.45) is 11.8 Å². The summed E-state index contributed by atoms with van der Waals surface area (Å²) in [6.07, 6.45) is 6.73. The first-order chi connectivity index (χ1) is 15.7. The summed E-state index contributed by atoms with van der Waals surface area (Å²) in [5.74, 6) is 0.716. The molecular weight excluding hydrogens is 400 g/mol. The molecule has 0 spiro atoms. The number of nitrogens with one attached hydrogen (secondary N) is 3. The van der Waals surface area contributed by atoms with Gasteiger partial charge < -0.3 is 16.0 Å². The Hall–Kier alpha value is -3.25. The second kappa shape index (κ2) is 9.09. The van der Waals surface area contributed by atoms with Crippen LogP contribution in [0.3, 0.4) is 0 Å². The van der Waals surface area contributed by atoms with Crippen LogP contribution in [-0.2, 0) is 4.79 Å². The molecule has 1 saturated heterocycles. The van der Waals surface area contributed by atoms with Gasteiger partial charge in [-0.05, 0) is 85.5 Å². The van der Waals surface area contributed by atoms with Crippen molar-refractivity contribution in [2.75, 3.05) is 25.0 Å². The van der Waals surface area contributed by atoms with Gasteiger partial charge in [0, 0.05) is 41.5 Å². The number of carbonyl (C=O) groups is 2. The zero-order chi connectivity index (χ0) is 21.9. The van der Waals surface area contributed by atoms with Crippen molar-refractivity contribution in [3.05, 3.63) is 72.1 Å². The van der Waals surface area contributed by atoms with Crippen LogP contribution < -0.4 is 16.0 Å². The van der Waals surface area contributed by atoms with Gasteiger partial charge in [0.1, 0.15) is 0 Å². The number of amides is 2. The zero-order valence-corrected chi connectivity index (χ0v) is 18.0. The van der Waals surface area contributed by atoms with Crippen LogP contribution in [-0.4, -0.2) is 36.4 Å². The number of aromatic nitrogens is 1. The standard InChI is InChI=1S/C26H28N4O2/c31-25(29-15-17-2-1-10-27-14-17)19-5-3-18(4-6-19)23-13-24(23)26(32)30-22-8-7-21-16-28-11-9-20(21)12-22/h3-9,11-12,16-17,23-24,27H,1-2,10,13-15H2,(H,29,31)(H,30,32). The minimum atomic E-state index is -0.0290. The third kappa shape index (κ3) is 4.65. The van der Waals surface area contributed by atoms with Gasteiger partial charge in [0.2, 0.25) is 5.91 Å². The third-order valence-corrected chi connectivity index (χ3v) is 6.59. The summed E-state index contributed by atoms with van der Waals surface area (Å²) in [6.45, 7) is 2.76. The van der Waals surface area contributed by atoms with E-state index in [1.54, 1.807) is 6.20 Å². The molecule has 3 atom stereocenters. The Morgan fingerprint density at radius 1 is 1.06 bits per heavy atom. The Morgan fingerprint density at radius 3 is 2.75 bits per heavy atom. The number of carbonyl (C=O) groups excluding carboxylic acids is 2. The second-order valence-corrected chi connectivity index (χ2v) is 8.92. The fraction of sp³-hybridized carbons (Fsp3) is 0.346. The number of fused-ring (bicyclic) bond motifs is 1. The van der Waals surface area contributed by atoms with Crippen molar-refractivity contribution < 1.29 is 9.59 Å². The summed E-state index contributed by atoms with van der Waals surface area (Å²) in [7, 11) is 0. The summed E-state index contributed by atoms with van der Waals surface area (Å²) in [4.78, 5) is 29.3.